The lowest BCUT2D eigenvalue weighted by molar-refractivity contribution is -0.133. The molecular weight excluding hydrogens is 268 g/mol. The molecule has 0 saturated heterocycles. The number of aliphatic hydroxyl groups excluding tert-OH is 2. The van der Waals surface area contributed by atoms with Crippen LogP contribution >= 0.6 is 0 Å². The molecule has 0 amide bonds. The summed E-state index contributed by atoms with van der Waals surface area (Å²) in [7, 11) is 0. The lowest BCUT2D eigenvalue weighted by Crippen LogP contribution is -2.03. The Bertz CT molecular complexity index is 365. The molecule has 7 heteroatoms. The lowest BCUT2D eigenvalue weighted by Gasteiger charge is -1.98. The molecule has 0 saturated carbocycles. The Hall–Kier alpha value is -1.70. The molecule has 0 aliphatic carbocycles. The van der Waals surface area contributed by atoms with E-state index in [4.69, 9.17) is 20.4 Å². The van der Waals surface area contributed by atoms with Crippen molar-refractivity contribution in [1.29, 1.82) is 0 Å². The van der Waals surface area contributed by atoms with Gasteiger partial charge in [-0.2, -0.15) is 0 Å². The molecule has 0 atom stereocenters. The van der Waals surface area contributed by atoms with E-state index in [-0.39, 0.29) is 24.4 Å². The minimum Gasteiger partial charge on any atom is -0.478 e. The second kappa shape index (κ2) is 12.3. The summed E-state index contributed by atoms with van der Waals surface area (Å²) in [6.07, 6.45) is 1.34. The quantitative estimate of drug-likeness (QED) is 0.304. The Morgan fingerprint density at radius 2 is 1.40 bits per heavy atom. The summed E-state index contributed by atoms with van der Waals surface area (Å²) in [4.78, 5) is 20.8. The van der Waals surface area contributed by atoms with Gasteiger partial charge < -0.3 is 25.2 Å². The van der Waals surface area contributed by atoms with Crippen LogP contribution in [-0.2, 0) is 14.3 Å². The average molecular weight is 290 g/mol. The molecule has 4 N–H and O–H groups in total. The van der Waals surface area contributed by atoms with Gasteiger partial charge in [-0.05, 0) is 32.4 Å². The predicted molar refractivity (Wildman–Crippen MR) is 72.4 cm³/mol. The van der Waals surface area contributed by atoms with Gasteiger partial charge in [-0.15, -0.1) is 0 Å². The molecule has 0 heterocycles. The van der Waals surface area contributed by atoms with E-state index in [1.807, 2.05) is 0 Å². The van der Waals surface area contributed by atoms with Crippen molar-refractivity contribution in [1.82, 2.24) is 0 Å². The molecule has 0 aromatic heterocycles. The monoisotopic (exact) mass is 290 g/mol. The van der Waals surface area contributed by atoms with Crippen LogP contribution in [0, 0.1) is 0 Å². The van der Waals surface area contributed by atoms with E-state index in [1.54, 1.807) is 6.92 Å². The maximum Gasteiger partial charge on any atom is 0.331 e. The number of aliphatic hydroxyl groups is 2. The van der Waals surface area contributed by atoms with Crippen LogP contribution in [0.5, 0.6) is 0 Å². The smallest absolute Gasteiger partial charge is 0.331 e. The van der Waals surface area contributed by atoms with Crippen LogP contribution in [0.25, 0.3) is 0 Å². The molecule has 0 rings (SSSR count). The first-order chi connectivity index (χ1) is 9.27. The maximum absolute atomic E-state index is 10.5. The highest BCUT2D eigenvalue weighted by atomic mass is 16.5. The van der Waals surface area contributed by atoms with E-state index >= 15 is 0 Å². The van der Waals surface area contributed by atoms with Crippen molar-refractivity contribution < 1.29 is 34.8 Å². The molecule has 0 spiro atoms. The third-order valence-corrected chi connectivity index (χ3v) is 2.15. The Morgan fingerprint density at radius 3 is 1.70 bits per heavy atom. The van der Waals surface area contributed by atoms with Crippen molar-refractivity contribution in [2.75, 3.05) is 26.4 Å². The van der Waals surface area contributed by atoms with Gasteiger partial charge in [0.2, 0.25) is 0 Å². The fraction of sp³-hybridized carbons (Fsp3) is 0.538. The van der Waals surface area contributed by atoms with Gasteiger partial charge in [-0.25, -0.2) is 9.59 Å². The molecule has 7 nitrogen and oxygen atoms in total. The van der Waals surface area contributed by atoms with Crippen molar-refractivity contribution in [3.63, 3.8) is 0 Å². The summed E-state index contributed by atoms with van der Waals surface area (Å²) in [5.41, 5.74) is 0.728. The zero-order chi connectivity index (χ0) is 16.1. The first-order valence-electron chi connectivity index (χ1n) is 5.89. The van der Waals surface area contributed by atoms with Crippen LogP contribution in [0.3, 0.4) is 0 Å². The van der Waals surface area contributed by atoms with Crippen molar-refractivity contribution in [2.24, 2.45) is 0 Å². The van der Waals surface area contributed by atoms with E-state index in [0.29, 0.717) is 18.8 Å². The van der Waals surface area contributed by atoms with E-state index in [1.165, 1.54) is 19.9 Å². The summed E-state index contributed by atoms with van der Waals surface area (Å²) in [5.74, 6) is -2.08. The first kappa shape index (κ1) is 20.6. The zero-order valence-electron chi connectivity index (χ0n) is 11.9. The SMILES string of the molecule is CC(=CC(C)=C(C)C(=O)O)C(=O)O.OCCOCCO. The topological polar surface area (TPSA) is 124 Å². The summed E-state index contributed by atoms with van der Waals surface area (Å²) >= 11 is 0. The summed E-state index contributed by atoms with van der Waals surface area (Å²) in [5, 5.41) is 33.3. The predicted octanol–water partition coefficient (Wildman–Crippen LogP) is 0.426. The normalized spacial score (nSPS) is 12.2. The van der Waals surface area contributed by atoms with Crippen molar-refractivity contribution in [3.05, 3.63) is 22.8 Å². The van der Waals surface area contributed by atoms with Gasteiger partial charge in [0.05, 0.1) is 26.4 Å². The van der Waals surface area contributed by atoms with Gasteiger partial charge in [0, 0.05) is 11.1 Å². The molecule has 116 valence electrons. The Kier molecular flexibility index (Phi) is 12.7. The van der Waals surface area contributed by atoms with Gasteiger partial charge >= 0.3 is 11.9 Å². The van der Waals surface area contributed by atoms with Crippen LogP contribution < -0.4 is 0 Å². The van der Waals surface area contributed by atoms with Crippen molar-refractivity contribution in [3.8, 4) is 0 Å². The second-order valence-corrected chi connectivity index (χ2v) is 3.81. The maximum atomic E-state index is 10.5. The Labute approximate surface area is 117 Å². The third kappa shape index (κ3) is 11.4. The Morgan fingerprint density at radius 1 is 0.950 bits per heavy atom. The molecule has 0 unspecified atom stereocenters. The highest BCUT2D eigenvalue weighted by molar-refractivity contribution is 5.89. The van der Waals surface area contributed by atoms with Crippen LogP contribution in [0.15, 0.2) is 22.8 Å². The largest absolute Gasteiger partial charge is 0.478 e. The molecular formula is C13H22O7. The minimum absolute atomic E-state index is 0.0278. The van der Waals surface area contributed by atoms with Crippen LogP contribution in [0.4, 0.5) is 0 Å². The number of hydrogen-bond acceptors (Lipinski definition) is 5. The van der Waals surface area contributed by atoms with Gasteiger partial charge in [-0.1, -0.05) is 0 Å². The molecule has 0 fully saturated rings. The molecule has 20 heavy (non-hydrogen) atoms. The van der Waals surface area contributed by atoms with E-state index in [9.17, 15) is 9.59 Å². The number of rotatable bonds is 7. The lowest BCUT2D eigenvalue weighted by atomic mass is 10.1. The average Bonchev–Trinajstić information content (AvgIpc) is 2.38. The summed E-state index contributed by atoms with van der Waals surface area (Å²) in [6.45, 7) is 5.11. The fourth-order valence-corrected chi connectivity index (χ4v) is 0.895. The van der Waals surface area contributed by atoms with Crippen LogP contribution in [0.2, 0.25) is 0 Å². The fourth-order valence-electron chi connectivity index (χ4n) is 0.895. The molecule has 0 radical (unpaired) electrons. The van der Waals surface area contributed by atoms with Crippen LogP contribution in [-0.4, -0.2) is 58.8 Å². The van der Waals surface area contributed by atoms with Gasteiger partial charge in [0.15, 0.2) is 0 Å². The van der Waals surface area contributed by atoms with Crippen molar-refractivity contribution >= 4 is 11.9 Å². The molecule has 0 aromatic carbocycles. The second-order valence-electron chi connectivity index (χ2n) is 3.81. The number of ether oxygens (including phenoxy) is 1. The van der Waals surface area contributed by atoms with Gasteiger partial charge in [0.1, 0.15) is 0 Å². The van der Waals surface area contributed by atoms with E-state index in [0.717, 1.165) is 0 Å². The number of carbonyl (C=O) groups is 2. The molecule has 0 aliphatic rings. The van der Waals surface area contributed by atoms with E-state index in [2.05, 4.69) is 4.74 Å². The number of aliphatic carboxylic acids is 2. The highest BCUT2D eigenvalue weighted by Crippen LogP contribution is 2.08. The molecule has 0 bridgehead atoms. The minimum atomic E-state index is -1.04. The molecule has 0 aliphatic heterocycles. The van der Waals surface area contributed by atoms with Crippen LogP contribution in [0.1, 0.15) is 20.8 Å². The van der Waals surface area contributed by atoms with Gasteiger partial charge in [0.25, 0.3) is 0 Å². The van der Waals surface area contributed by atoms with Crippen molar-refractivity contribution in [2.45, 2.75) is 20.8 Å². The molecule has 0 aromatic rings. The Balaban J connectivity index is 0. The zero-order valence-corrected chi connectivity index (χ0v) is 11.9. The number of hydrogen-bond donors (Lipinski definition) is 4. The number of carboxylic acid groups (broad SMARTS) is 2. The van der Waals surface area contributed by atoms with Gasteiger partial charge in [-0.3, -0.25) is 0 Å². The first-order valence-corrected chi connectivity index (χ1v) is 5.89. The number of allylic oxidation sites excluding steroid dienone is 2. The highest BCUT2D eigenvalue weighted by Gasteiger charge is 2.05. The summed E-state index contributed by atoms with van der Waals surface area (Å²) in [6, 6.07) is 0. The third-order valence-electron chi connectivity index (χ3n) is 2.15. The summed E-state index contributed by atoms with van der Waals surface area (Å²) < 4.78 is 4.63. The van der Waals surface area contributed by atoms with E-state index < -0.39 is 11.9 Å². The standard InChI is InChI=1S/C9H12O4.C4H10O3/c1-5(7(3)9(12)13)4-6(2)8(10)11;5-1-3-7-4-2-6/h4H,1-3H3,(H,10,11)(H,12,13);5-6H,1-4H2. The number of carboxylic acids is 2.